The van der Waals surface area contributed by atoms with Gasteiger partial charge >= 0.3 is 0 Å². The zero-order valence-corrected chi connectivity index (χ0v) is 13.1. The third-order valence-corrected chi connectivity index (χ3v) is 4.92. The third kappa shape index (κ3) is 2.00. The Hall–Kier alpha value is -1.24. The maximum Gasteiger partial charge on any atom is 0.136 e. The Morgan fingerprint density at radius 3 is 2.84 bits per heavy atom. The highest BCUT2D eigenvalue weighted by atomic mass is 127. The van der Waals surface area contributed by atoms with E-state index in [0.717, 1.165) is 26.4 Å². The van der Waals surface area contributed by atoms with E-state index in [9.17, 15) is 0 Å². The molecule has 100 valence electrons. The first-order valence-electron chi connectivity index (χ1n) is 6.31. The molecule has 0 saturated heterocycles. The van der Waals surface area contributed by atoms with Gasteiger partial charge in [-0.1, -0.05) is 25.1 Å². The first kappa shape index (κ1) is 12.8. The quantitative estimate of drug-likeness (QED) is 0.787. The number of fused-ring (bicyclic) bond motifs is 1. The van der Waals surface area contributed by atoms with E-state index in [2.05, 4.69) is 40.7 Å². The minimum Gasteiger partial charge on any atom is -0.493 e. The fraction of sp³-hybridized carbons (Fsp3) is 0.357. The van der Waals surface area contributed by atoms with Crippen LogP contribution < -0.4 is 10.5 Å². The summed E-state index contributed by atoms with van der Waals surface area (Å²) in [6.45, 7) is 4.85. The predicted molar refractivity (Wildman–Crippen MR) is 83.3 cm³/mol. The molecule has 0 spiro atoms. The number of hydrogen-bond donors (Lipinski definition) is 1. The molecule has 0 radical (unpaired) electrons. The average Bonchev–Trinajstić information content (AvgIpc) is 2.66. The van der Waals surface area contributed by atoms with Crippen LogP contribution in [0.25, 0.3) is 0 Å². The van der Waals surface area contributed by atoms with Crippen molar-refractivity contribution in [3.8, 4) is 5.75 Å². The van der Waals surface area contributed by atoms with Gasteiger partial charge in [0.25, 0.3) is 0 Å². The van der Waals surface area contributed by atoms with Crippen LogP contribution in [0.1, 0.15) is 24.2 Å². The molecule has 1 aliphatic heterocycles. The number of para-hydroxylation sites is 1. The largest absolute Gasteiger partial charge is 0.493 e. The number of aromatic nitrogens is 2. The molecule has 2 N–H and O–H groups in total. The zero-order valence-electron chi connectivity index (χ0n) is 10.9. The van der Waals surface area contributed by atoms with Crippen LogP contribution in [0.2, 0.25) is 0 Å². The zero-order chi connectivity index (χ0) is 13.6. The first-order chi connectivity index (χ1) is 9.09. The molecule has 2 heterocycles. The molecule has 0 amide bonds. The number of benzene rings is 1. The number of nitrogens with zero attached hydrogens (tertiary/aromatic N) is 2. The van der Waals surface area contributed by atoms with Crippen molar-refractivity contribution in [3.63, 3.8) is 0 Å². The number of nitrogen functional groups attached to an aromatic ring is 1. The molecule has 1 aliphatic rings. The van der Waals surface area contributed by atoms with Gasteiger partial charge in [-0.25, -0.2) is 4.68 Å². The highest BCUT2D eigenvalue weighted by Gasteiger charge is 2.31. The summed E-state index contributed by atoms with van der Waals surface area (Å²) in [6, 6.07) is 8.27. The molecular formula is C14H16IN3O. The van der Waals surface area contributed by atoms with Gasteiger partial charge in [-0.15, -0.1) is 0 Å². The summed E-state index contributed by atoms with van der Waals surface area (Å²) in [5.41, 5.74) is 8.35. The molecule has 0 bridgehead atoms. The third-order valence-electron chi connectivity index (χ3n) is 3.59. The Labute approximate surface area is 126 Å². The molecule has 4 nitrogen and oxygen atoms in total. The molecule has 1 aromatic heterocycles. The molecule has 19 heavy (non-hydrogen) atoms. The summed E-state index contributed by atoms with van der Waals surface area (Å²) in [5.74, 6) is 2.02. The van der Waals surface area contributed by atoms with Crippen molar-refractivity contribution < 1.29 is 4.74 Å². The van der Waals surface area contributed by atoms with Gasteiger partial charge in [0.05, 0.1) is 21.9 Å². The monoisotopic (exact) mass is 369 g/mol. The molecule has 3 rings (SSSR count). The van der Waals surface area contributed by atoms with E-state index in [1.807, 2.05) is 29.8 Å². The fourth-order valence-corrected chi connectivity index (χ4v) is 2.96. The van der Waals surface area contributed by atoms with E-state index in [4.69, 9.17) is 10.5 Å². The van der Waals surface area contributed by atoms with Crippen molar-refractivity contribution in [3.05, 3.63) is 39.1 Å². The van der Waals surface area contributed by atoms with Crippen LogP contribution in [0.3, 0.4) is 0 Å². The molecule has 0 aliphatic carbocycles. The Bertz CT molecular complexity index is 623. The molecule has 5 heteroatoms. The maximum absolute atomic E-state index is 6.21. The van der Waals surface area contributed by atoms with Crippen LogP contribution >= 0.6 is 22.6 Å². The lowest BCUT2D eigenvalue weighted by Gasteiger charge is -2.32. The normalized spacial score (nSPS) is 21.8. The summed E-state index contributed by atoms with van der Waals surface area (Å²) < 4.78 is 8.76. The number of anilines is 1. The molecule has 1 aromatic carbocycles. The van der Waals surface area contributed by atoms with Crippen molar-refractivity contribution in [2.24, 2.45) is 5.92 Å². The van der Waals surface area contributed by atoms with E-state index >= 15 is 0 Å². The number of hydrogen-bond acceptors (Lipinski definition) is 3. The number of rotatable bonds is 1. The molecule has 2 atom stereocenters. The number of ether oxygens (including phenoxy) is 1. The fourth-order valence-electron chi connectivity index (χ4n) is 2.61. The van der Waals surface area contributed by atoms with E-state index in [1.54, 1.807) is 0 Å². The standard InChI is InChI=1S/C14H16IN3O/c1-8-7-19-11-6-4-3-5-10(11)13(8)18-14(16)12(15)9(2)17-18/h3-6,8,13H,7,16H2,1-2H3. The van der Waals surface area contributed by atoms with Crippen molar-refractivity contribution in [1.29, 1.82) is 0 Å². The van der Waals surface area contributed by atoms with Gasteiger partial charge in [-0.3, -0.25) is 0 Å². The number of nitrogens with two attached hydrogens (primary N) is 1. The average molecular weight is 369 g/mol. The predicted octanol–water partition coefficient (Wildman–Crippen LogP) is 3.00. The highest BCUT2D eigenvalue weighted by molar-refractivity contribution is 14.1. The summed E-state index contributed by atoms with van der Waals surface area (Å²) in [7, 11) is 0. The van der Waals surface area contributed by atoms with Gasteiger partial charge in [-0.2, -0.15) is 5.10 Å². The lowest BCUT2D eigenvalue weighted by atomic mass is 9.92. The topological polar surface area (TPSA) is 53.1 Å². The lowest BCUT2D eigenvalue weighted by Crippen LogP contribution is -2.30. The van der Waals surface area contributed by atoms with Crippen LogP contribution in [0, 0.1) is 16.4 Å². The van der Waals surface area contributed by atoms with Crippen molar-refractivity contribution in [1.82, 2.24) is 9.78 Å². The van der Waals surface area contributed by atoms with Gasteiger partial charge in [0.2, 0.25) is 0 Å². The van der Waals surface area contributed by atoms with Crippen molar-refractivity contribution in [2.45, 2.75) is 19.9 Å². The van der Waals surface area contributed by atoms with Crippen LogP contribution in [0.5, 0.6) is 5.75 Å². The highest BCUT2D eigenvalue weighted by Crippen LogP contribution is 2.39. The lowest BCUT2D eigenvalue weighted by molar-refractivity contribution is 0.186. The van der Waals surface area contributed by atoms with E-state index in [-0.39, 0.29) is 6.04 Å². The van der Waals surface area contributed by atoms with Crippen LogP contribution in [0.4, 0.5) is 5.82 Å². The van der Waals surface area contributed by atoms with Gasteiger partial charge in [0.15, 0.2) is 0 Å². The van der Waals surface area contributed by atoms with Gasteiger partial charge < -0.3 is 10.5 Å². The molecular weight excluding hydrogens is 353 g/mol. The van der Waals surface area contributed by atoms with Crippen LogP contribution in [0.15, 0.2) is 24.3 Å². The van der Waals surface area contributed by atoms with Gasteiger partial charge in [0, 0.05) is 11.5 Å². The second-order valence-electron chi connectivity index (χ2n) is 5.00. The maximum atomic E-state index is 6.21. The van der Waals surface area contributed by atoms with Crippen LogP contribution in [-0.2, 0) is 0 Å². The Balaban J connectivity index is 2.16. The minimum atomic E-state index is 0.146. The number of aryl methyl sites for hydroxylation is 1. The first-order valence-corrected chi connectivity index (χ1v) is 7.39. The van der Waals surface area contributed by atoms with Crippen LogP contribution in [-0.4, -0.2) is 16.4 Å². The van der Waals surface area contributed by atoms with E-state index < -0.39 is 0 Å². The van der Waals surface area contributed by atoms with Crippen molar-refractivity contribution >= 4 is 28.4 Å². The molecule has 0 saturated carbocycles. The van der Waals surface area contributed by atoms with Crippen molar-refractivity contribution in [2.75, 3.05) is 12.3 Å². The Morgan fingerprint density at radius 2 is 2.16 bits per heavy atom. The molecule has 2 aromatic rings. The summed E-state index contributed by atoms with van der Waals surface area (Å²) in [6.07, 6.45) is 0. The summed E-state index contributed by atoms with van der Waals surface area (Å²) >= 11 is 2.25. The van der Waals surface area contributed by atoms with Gasteiger partial charge in [-0.05, 0) is 35.6 Å². The van der Waals surface area contributed by atoms with E-state index in [0.29, 0.717) is 12.5 Å². The second kappa shape index (κ2) is 4.70. The summed E-state index contributed by atoms with van der Waals surface area (Å²) in [5, 5.41) is 4.61. The number of halogens is 1. The SMILES string of the molecule is Cc1nn(C2c3ccccc3OCC2C)c(N)c1I. The smallest absolute Gasteiger partial charge is 0.136 e. The van der Waals surface area contributed by atoms with Gasteiger partial charge in [0.1, 0.15) is 11.6 Å². The Morgan fingerprint density at radius 1 is 1.42 bits per heavy atom. The second-order valence-corrected chi connectivity index (χ2v) is 6.08. The molecule has 0 fully saturated rings. The molecule has 2 unspecified atom stereocenters. The van der Waals surface area contributed by atoms with E-state index in [1.165, 1.54) is 0 Å². The summed E-state index contributed by atoms with van der Waals surface area (Å²) in [4.78, 5) is 0. The minimum absolute atomic E-state index is 0.146. The Kier molecular flexibility index (Phi) is 3.16.